The lowest BCUT2D eigenvalue weighted by Crippen LogP contribution is -2.30. The minimum absolute atomic E-state index is 0.273. The number of hydrogen-bond acceptors (Lipinski definition) is 5. The standard InChI is InChI=1S/C29H32N2O3/c1-32-28-16-24(17-29(33-2)27(28)19-31-23-13-7-4-8-14-23)34-20-22-12-9-15-25(26(22)18-30)21-10-5-3-6-11-21/h3,5-6,9-12,15-17,23,31H,4,7-8,13-14,19-20H2,1-2H3. The molecule has 34 heavy (non-hydrogen) atoms. The Balaban J connectivity index is 1.53. The summed E-state index contributed by atoms with van der Waals surface area (Å²) in [5, 5.41) is 13.5. The van der Waals surface area contributed by atoms with Crippen molar-refractivity contribution < 1.29 is 14.2 Å². The zero-order valence-corrected chi connectivity index (χ0v) is 20.0. The summed E-state index contributed by atoms with van der Waals surface area (Å²) >= 11 is 0. The monoisotopic (exact) mass is 456 g/mol. The molecule has 0 aliphatic heterocycles. The van der Waals surface area contributed by atoms with Gasteiger partial charge in [-0.1, -0.05) is 67.8 Å². The Labute approximate surface area is 202 Å². The van der Waals surface area contributed by atoms with Crippen LogP contribution >= 0.6 is 0 Å². The summed E-state index contributed by atoms with van der Waals surface area (Å²) < 4.78 is 17.5. The molecule has 0 aromatic heterocycles. The molecular formula is C29H32N2O3. The molecule has 0 saturated heterocycles. The first-order chi connectivity index (χ1) is 16.7. The van der Waals surface area contributed by atoms with E-state index in [-0.39, 0.29) is 6.61 Å². The molecule has 1 fully saturated rings. The first kappa shape index (κ1) is 23.7. The Hall–Kier alpha value is -3.49. The fraction of sp³-hybridized carbons (Fsp3) is 0.345. The van der Waals surface area contributed by atoms with Gasteiger partial charge in [0.2, 0.25) is 0 Å². The largest absolute Gasteiger partial charge is 0.496 e. The van der Waals surface area contributed by atoms with Gasteiger partial charge in [0.1, 0.15) is 29.9 Å². The number of ether oxygens (including phenoxy) is 3. The highest BCUT2D eigenvalue weighted by molar-refractivity contribution is 5.72. The molecule has 1 aliphatic rings. The van der Waals surface area contributed by atoms with Crippen LogP contribution in [-0.2, 0) is 13.2 Å². The summed E-state index contributed by atoms with van der Waals surface area (Å²) in [5.41, 5.74) is 4.38. The molecule has 1 N–H and O–H groups in total. The molecule has 0 spiro atoms. The normalized spacial score (nSPS) is 13.8. The van der Waals surface area contributed by atoms with Gasteiger partial charge < -0.3 is 19.5 Å². The van der Waals surface area contributed by atoms with Gasteiger partial charge in [0.25, 0.3) is 0 Å². The van der Waals surface area contributed by atoms with Gasteiger partial charge in [-0.25, -0.2) is 0 Å². The molecule has 0 heterocycles. The van der Waals surface area contributed by atoms with Gasteiger partial charge in [0.15, 0.2) is 0 Å². The third-order valence-electron chi connectivity index (χ3n) is 6.50. The van der Waals surface area contributed by atoms with Crippen LogP contribution < -0.4 is 19.5 Å². The summed E-state index contributed by atoms with van der Waals surface area (Å²) in [7, 11) is 3.33. The van der Waals surface area contributed by atoms with Crippen LogP contribution in [0.4, 0.5) is 0 Å². The fourth-order valence-electron chi connectivity index (χ4n) is 4.64. The molecule has 0 bridgehead atoms. The second kappa shape index (κ2) is 11.6. The number of methoxy groups -OCH3 is 2. The van der Waals surface area contributed by atoms with Gasteiger partial charge in [-0.2, -0.15) is 5.26 Å². The van der Waals surface area contributed by atoms with E-state index in [1.807, 2.05) is 60.7 Å². The molecule has 0 radical (unpaired) electrons. The highest BCUT2D eigenvalue weighted by Gasteiger charge is 2.18. The average molecular weight is 457 g/mol. The van der Waals surface area contributed by atoms with Gasteiger partial charge in [0, 0.05) is 30.3 Å². The van der Waals surface area contributed by atoms with Crippen molar-refractivity contribution in [1.82, 2.24) is 5.32 Å². The van der Waals surface area contributed by atoms with E-state index in [1.54, 1.807) is 14.2 Å². The minimum Gasteiger partial charge on any atom is -0.496 e. The maximum Gasteiger partial charge on any atom is 0.130 e. The third kappa shape index (κ3) is 5.52. The number of hydrogen-bond donors (Lipinski definition) is 1. The lowest BCUT2D eigenvalue weighted by molar-refractivity contribution is 0.298. The van der Waals surface area contributed by atoms with Gasteiger partial charge in [-0.15, -0.1) is 0 Å². The highest BCUT2D eigenvalue weighted by Crippen LogP contribution is 2.35. The van der Waals surface area contributed by atoms with Crippen molar-refractivity contribution in [3.8, 4) is 34.4 Å². The van der Waals surface area contributed by atoms with Gasteiger partial charge in [-0.05, 0) is 24.0 Å². The van der Waals surface area contributed by atoms with Crippen LogP contribution in [0.15, 0.2) is 60.7 Å². The molecule has 0 atom stereocenters. The van der Waals surface area contributed by atoms with Crippen LogP contribution in [0.25, 0.3) is 11.1 Å². The van der Waals surface area contributed by atoms with Crippen LogP contribution in [0.3, 0.4) is 0 Å². The van der Waals surface area contributed by atoms with Crippen LogP contribution in [0, 0.1) is 11.3 Å². The van der Waals surface area contributed by atoms with E-state index >= 15 is 0 Å². The smallest absolute Gasteiger partial charge is 0.130 e. The molecular weight excluding hydrogens is 424 g/mol. The summed E-state index contributed by atoms with van der Waals surface area (Å²) in [6.45, 7) is 0.963. The van der Waals surface area contributed by atoms with E-state index in [9.17, 15) is 5.26 Å². The Morgan fingerprint density at radius 2 is 1.62 bits per heavy atom. The number of nitrogens with one attached hydrogen (secondary N) is 1. The van der Waals surface area contributed by atoms with Crippen molar-refractivity contribution in [3.05, 3.63) is 77.4 Å². The van der Waals surface area contributed by atoms with E-state index in [0.717, 1.165) is 33.8 Å². The zero-order chi connectivity index (χ0) is 23.8. The summed E-state index contributed by atoms with van der Waals surface area (Å²) in [5.74, 6) is 2.11. The second-order valence-corrected chi connectivity index (χ2v) is 8.63. The Morgan fingerprint density at radius 1 is 0.912 bits per heavy atom. The van der Waals surface area contributed by atoms with Gasteiger partial charge >= 0.3 is 0 Å². The van der Waals surface area contributed by atoms with Crippen LogP contribution in [0.5, 0.6) is 17.2 Å². The van der Waals surface area contributed by atoms with Crippen molar-refractivity contribution in [2.24, 2.45) is 0 Å². The summed E-state index contributed by atoms with van der Waals surface area (Å²) in [6, 6.07) is 22.5. The molecule has 5 heteroatoms. The average Bonchev–Trinajstić information content (AvgIpc) is 2.91. The summed E-state index contributed by atoms with van der Waals surface area (Å²) in [6.07, 6.45) is 6.34. The zero-order valence-electron chi connectivity index (χ0n) is 20.0. The van der Waals surface area contributed by atoms with Gasteiger partial charge in [0.05, 0.1) is 25.3 Å². The van der Waals surface area contributed by atoms with Crippen molar-refractivity contribution >= 4 is 0 Å². The van der Waals surface area contributed by atoms with E-state index < -0.39 is 0 Å². The molecule has 3 aromatic carbocycles. The molecule has 5 nitrogen and oxygen atoms in total. The van der Waals surface area contributed by atoms with Crippen molar-refractivity contribution in [2.75, 3.05) is 14.2 Å². The highest BCUT2D eigenvalue weighted by atomic mass is 16.5. The Kier molecular flexibility index (Phi) is 8.06. The van der Waals surface area contributed by atoms with Crippen LogP contribution in [-0.4, -0.2) is 20.3 Å². The molecule has 176 valence electrons. The van der Waals surface area contributed by atoms with E-state index in [4.69, 9.17) is 14.2 Å². The number of benzene rings is 3. The van der Waals surface area contributed by atoms with Gasteiger partial charge in [-0.3, -0.25) is 0 Å². The molecule has 0 unspecified atom stereocenters. The van der Waals surface area contributed by atoms with Crippen molar-refractivity contribution in [1.29, 1.82) is 5.26 Å². The Bertz CT molecular complexity index is 1110. The topological polar surface area (TPSA) is 63.5 Å². The molecule has 3 aromatic rings. The summed E-state index contributed by atoms with van der Waals surface area (Å²) in [4.78, 5) is 0. The van der Waals surface area contributed by atoms with Crippen LogP contribution in [0.1, 0.15) is 48.8 Å². The van der Waals surface area contributed by atoms with E-state index in [2.05, 4.69) is 11.4 Å². The lowest BCUT2D eigenvalue weighted by atomic mass is 9.95. The molecule has 4 rings (SSSR count). The fourth-order valence-corrected chi connectivity index (χ4v) is 4.64. The van der Waals surface area contributed by atoms with Crippen molar-refractivity contribution in [3.63, 3.8) is 0 Å². The SMILES string of the molecule is COc1cc(OCc2cccc(-c3ccccc3)c2C#N)cc(OC)c1CNC1CCCCC1. The quantitative estimate of drug-likeness (QED) is 0.413. The second-order valence-electron chi connectivity index (χ2n) is 8.63. The third-order valence-corrected chi connectivity index (χ3v) is 6.50. The van der Waals surface area contributed by atoms with Crippen molar-refractivity contribution in [2.45, 2.75) is 51.3 Å². The van der Waals surface area contributed by atoms with Crippen LogP contribution in [0.2, 0.25) is 0 Å². The number of rotatable bonds is 9. The first-order valence-electron chi connectivity index (χ1n) is 11.9. The molecule has 0 amide bonds. The Morgan fingerprint density at radius 3 is 2.26 bits per heavy atom. The predicted molar refractivity (Wildman–Crippen MR) is 134 cm³/mol. The maximum absolute atomic E-state index is 9.87. The van der Waals surface area contributed by atoms with E-state index in [0.29, 0.717) is 23.9 Å². The molecule has 1 saturated carbocycles. The lowest BCUT2D eigenvalue weighted by Gasteiger charge is -2.24. The first-order valence-corrected chi connectivity index (χ1v) is 11.9. The van der Waals surface area contributed by atoms with E-state index in [1.165, 1.54) is 32.1 Å². The predicted octanol–water partition coefficient (Wildman–Crippen LogP) is 6.24. The number of nitriles is 1. The molecule has 1 aliphatic carbocycles. The maximum atomic E-state index is 9.87. The number of nitrogens with zero attached hydrogens (tertiary/aromatic N) is 1. The minimum atomic E-state index is 0.273.